The van der Waals surface area contributed by atoms with Gasteiger partial charge in [0.25, 0.3) is 0 Å². The predicted octanol–water partition coefficient (Wildman–Crippen LogP) is 4.61. The summed E-state index contributed by atoms with van der Waals surface area (Å²) in [4.78, 5) is 24.4. The van der Waals surface area contributed by atoms with Crippen molar-refractivity contribution in [2.24, 2.45) is 11.3 Å². The Labute approximate surface area is 145 Å². The van der Waals surface area contributed by atoms with Crippen LogP contribution in [0.15, 0.2) is 28.4 Å². The maximum Gasteiger partial charge on any atom is 0.0718 e. The Kier molecular flexibility index (Phi) is 7.73. The van der Waals surface area contributed by atoms with Gasteiger partial charge in [-0.2, -0.15) is 0 Å². The number of rotatable bonds is 5. The van der Waals surface area contributed by atoms with Gasteiger partial charge < -0.3 is 9.59 Å². The van der Waals surface area contributed by atoms with E-state index in [1.807, 2.05) is 13.8 Å². The largest absolute Gasteiger partial charge is 0.366 e. The van der Waals surface area contributed by atoms with Gasteiger partial charge in [0.1, 0.15) is 0 Å². The first kappa shape index (κ1) is 21.1. The van der Waals surface area contributed by atoms with Gasteiger partial charge in [-0.1, -0.05) is 58.8 Å². The first-order valence-corrected chi connectivity index (χ1v) is 7.63. The van der Waals surface area contributed by atoms with E-state index in [0.717, 1.165) is 12.8 Å². The Morgan fingerprint density at radius 3 is 2.27 bits per heavy atom. The molecule has 0 N–H and O–H groups in total. The smallest absolute Gasteiger partial charge is 0.0718 e. The van der Waals surface area contributed by atoms with E-state index in [0.29, 0.717) is 22.6 Å². The van der Waals surface area contributed by atoms with E-state index in [4.69, 9.17) is 0 Å². The molecule has 125 valence electrons. The molecule has 1 radical (unpaired) electrons. The molecule has 1 rings (SSSR count). The summed E-state index contributed by atoms with van der Waals surface area (Å²) in [5, 5.41) is 0. The van der Waals surface area contributed by atoms with Gasteiger partial charge in [0.15, 0.2) is 0 Å². The summed E-state index contributed by atoms with van der Waals surface area (Å²) in [6.45, 7) is 14.0. The summed E-state index contributed by atoms with van der Waals surface area (Å²) in [7, 11) is 0. The van der Waals surface area contributed by atoms with Crippen LogP contribution in [-0.4, -0.2) is 11.6 Å². The Hall–Kier alpha value is -0.934. The molecule has 22 heavy (non-hydrogen) atoms. The average Bonchev–Trinajstić information content (AvgIpc) is 2.32. The minimum absolute atomic E-state index is 0. The van der Waals surface area contributed by atoms with Crippen molar-refractivity contribution in [1.82, 2.24) is 0 Å². The number of allylic oxidation sites excluding steroid dienone is 6. The minimum atomic E-state index is -0.344. The monoisotopic (exact) mass is 346 g/mol. The van der Waals surface area contributed by atoms with Gasteiger partial charge in [0, 0.05) is 16.8 Å². The summed E-state index contributed by atoms with van der Waals surface area (Å²) >= 11 is 0. The van der Waals surface area contributed by atoms with Crippen molar-refractivity contribution < 1.29 is 26.4 Å². The second kappa shape index (κ2) is 8.07. The molecule has 0 aromatic heterocycles. The topological polar surface area (TPSA) is 34.1 Å². The Bertz CT molecular complexity index is 546. The maximum atomic E-state index is 12.3. The van der Waals surface area contributed by atoms with Gasteiger partial charge in [0.2, 0.25) is 0 Å². The maximum absolute atomic E-state index is 12.3. The third kappa shape index (κ3) is 5.06. The molecule has 3 heteroatoms. The van der Waals surface area contributed by atoms with Crippen LogP contribution < -0.4 is 0 Å². The summed E-state index contributed by atoms with van der Waals surface area (Å²) in [6, 6.07) is 0. The van der Waals surface area contributed by atoms with Crippen LogP contribution in [0.5, 0.6) is 0 Å². The molecule has 0 fully saturated rings. The second-order valence-corrected chi connectivity index (χ2v) is 7.14. The van der Waals surface area contributed by atoms with Gasteiger partial charge in [-0.15, -0.1) is 17.2 Å². The van der Waals surface area contributed by atoms with Crippen LogP contribution in [0.25, 0.3) is 0 Å². The molecule has 0 heterocycles. The molecule has 0 unspecified atom stereocenters. The number of carbonyl (C=O) groups excluding carboxylic acids is 2. The molecule has 1 aliphatic carbocycles. The molecular formula is C19H27CoO2-. The molecular weight excluding hydrogens is 319 g/mol. The summed E-state index contributed by atoms with van der Waals surface area (Å²) in [6.07, 6.45) is 6.71. The fourth-order valence-electron chi connectivity index (χ4n) is 2.93. The first-order valence-electron chi connectivity index (χ1n) is 7.63. The molecule has 0 bridgehead atoms. The number of Topliss-reactive ketones (excluding diaryl/α,β-unsaturated/α-hetero) is 2. The van der Waals surface area contributed by atoms with E-state index >= 15 is 0 Å². The average molecular weight is 346 g/mol. The van der Waals surface area contributed by atoms with Crippen molar-refractivity contribution in [3.63, 3.8) is 0 Å². The zero-order valence-corrected chi connectivity index (χ0v) is 15.8. The summed E-state index contributed by atoms with van der Waals surface area (Å²) in [5.41, 5.74) is 2.61. The molecule has 0 amide bonds. The van der Waals surface area contributed by atoms with Crippen LogP contribution in [0.4, 0.5) is 0 Å². The van der Waals surface area contributed by atoms with Crippen LogP contribution in [0.1, 0.15) is 61.3 Å². The SMILES string of the molecule is CC1=[C-]C(=O)C(C(C)(C)C/C=C(\C)CC(C)C)=C(C)C1=O.[Co]. The molecule has 0 aromatic rings. The van der Waals surface area contributed by atoms with E-state index in [1.165, 1.54) is 5.57 Å². The minimum Gasteiger partial charge on any atom is -0.366 e. The third-order valence-corrected chi connectivity index (χ3v) is 3.95. The van der Waals surface area contributed by atoms with Crippen LogP contribution >= 0.6 is 0 Å². The second-order valence-electron chi connectivity index (χ2n) is 7.14. The van der Waals surface area contributed by atoms with Gasteiger partial charge in [-0.25, -0.2) is 0 Å². The van der Waals surface area contributed by atoms with Crippen molar-refractivity contribution in [1.29, 1.82) is 0 Å². The number of ketones is 2. The molecule has 1 aliphatic rings. The summed E-state index contributed by atoms with van der Waals surface area (Å²) < 4.78 is 0. The van der Waals surface area contributed by atoms with Gasteiger partial charge in [-0.05, 0) is 31.1 Å². The van der Waals surface area contributed by atoms with E-state index in [1.54, 1.807) is 13.8 Å². The predicted molar refractivity (Wildman–Crippen MR) is 86.8 cm³/mol. The van der Waals surface area contributed by atoms with Crippen molar-refractivity contribution in [2.75, 3.05) is 0 Å². The van der Waals surface area contributed by atoms with Crippen molar-refractivity contribution >= 4 is 11.6 Å². The number of hydrogen-bond donors (Lipinski definition) is 0. The summed E-state index contributed by atoms with van der Waals surface area (Å²) in [5.74, 6) is 0.437. The van der Waals surface area contributed by atoms with Gasteiger partial charge in [-0.3, -0.25) is 0 Å². The zero-order chi connectivity index (χ0) is 16.4. The standard InChI is InChI=1S/C19H27O2.Co/c1-12(2)10-13(3)8-9-19(6,7)17-15(5)18(21)14(4)11-16(17)20;/h8,12H,9-10H2,1-7H3;/q-1;/b13-8+;. The van der Waals surface area contributed by atoms with E-state index in [9.17, 15) is 9.59 Å². The molecule has 0 saturated heterocycles. The normalized spacial score (nSPS) is 16.9. The van der Waals surface area contributed by atoms with Crippen molar-refractivity contribution in [3.8, 4) is 0 Å². The number of hydrogen-bond acceptors (Lipinski definition) is 2. The van der Waals surface area contributed by atoms with Crippen LogP contribution in [0.2, 0.25) is 0 Å². The third-order valence-electron chi connectivity index (χ3n) is 3.95. The first-order chi connectivity index (χ1) is 9.56. The Balaban J connectivity index is 0.00000441. The fourth-order valence-corrected chi connectivity index (χ4v) is 2.93. The number of carbonyl (C=O) groups is 2. The Morgan fingerprint density at radius 1 is 1.23 bits per heavy atom. The van der Waals surface area contributed by atoms with Crippen LogP contribution in [0, 0.1) is 17.4 Å². The molecule has 0 saturated carbocycles. The molecule has 0 aliphatic heterocycles. The molecule has 0 spiro atoms. The zero-order valence-electron chi connectivity index (χ0n) is 14.7. The van der Waals surface area contributed by atoms with E-state index in [-0.39, 0.29) is 33.8 Å². The van der Waals surface area contributed by atoms with Crippen LogP contribution in [0.3, 0.4) is 0 Å². The fraction of sp³-hybridized carbons (Fsp3) is 0.579. The van der Waals surface area contributed by atoms with Gasteiger partial charge in [0.05, 0.1) is 11.6 Å². The van der Waals surface area contributed by atoms with Gasteiger partial charge >= 0.3 is 0 Å². The molecule has 0 aromatic carbocycles. The van der Waals surface area contributed by atoms with Crippen LogP contribution in [-0.2, 0) is 26.4 Å². The molecule has 0 atom stereocenters. The van der Waals surface area contributed by atoms with Crippen molar-refractivity contribution in [2.45, 2.75) is 61.3 Å². The molecule has 2 nitrogen and oxygen atoms in total. The van der Waals surface area contributed by atoms with E-state index in [2.05, 4.69) is 32.9 Å². The quantitative estimate of drug-likeness (QED) is 0.414. The Morgan fingerprint density at radius 2 is 1.77 bits per heavy atom. The van der Waals surface area contributed by atoms with E-state index < -0.39 is 0 Å². The van der Waals surface area contributed by atoms with Crippen molar-refractivity contribution in [3.05, 3.63) is 34.4 Å².